The van der Waals surface area contributed by atoms with Crippen molar-refractivity contribution in [3.63, 3.8) is 0 Å². The largest absolute Gasteiger partial charge is 0.300 e. The van der Waals surface area contributed by atoms with Crippen LogP contribution in [0.25, 0.3) is 0 Å². The lowest BCUT2D eigenvalue weighted by molar-refractivity contribution is -0.127. The van der Waals surface area contributed by atoms with Gasteiger partial charge in [-0.05, 0) is 80.5 Å². The monoisotopic (exact) mass is 328 g/mol. The standard InChI is InChI=1S/C22H32O2/c1-14(23)18-8-9-19-17-7-6-15-13-16(24)5-4-11-21(15,2)20(17)10-12-22(18,19)3/h6,17-20H,4-5,7-13H2,1-3H3/t17?,18-,19?,20?,21+,22-/m1/s1. The molecule has 3 fully saturated rings. The van der Waals surface area contributed by atoms with Gasteiger partial charge in [0.15, 0.2) is 0 Å². The Morgan fingerprint density at radius 1 is 1.12 bits per heavy atom. The van der Waals surface area contributed by atoms with E-state index in [1.165, 1.54) is 31.3 Å². The van der Waals surface area contributed by atoms with E-state index in [2.05, 4.69) is 19.9 Å². The molecule has 0 heterocycles. The summed E-state index contributed by atoms with van der Waals surface area (Å²) in [7, 11) is 0. The number of ketones is 2. The Balaban J connectivity index is 1.68. The summed E-state index contributed by atoms with van der Waals surface area (Å²) in [6.45, 7) is 6.67. The summed E-state index contributed by atoms with van der Waals surface area (Å²) in [5.74, 6) is 3.32. The van der Waals surface area contributed by atoms with Crippen LogP contribution in [-0.4, -0.2) is 11.6 Å². The topological polar surface area (TPSA) is 34.1 Å². The second-order valence-corrected chi connectivity index (χ2v) is 9.61. The van der Waals surface area contributed by atoms with Gasteiger partial charge in [-0.15, -0.1) is 0 Å². The minimum Gasteiger partial charge on any atom is -0.300 e. The maximum absolute atomic E-state index is 12.2. The molecule has 2 nitrogen and oxygen atoms in total. The van der Waals surface area contributed by atoms with Crippen LogP contribution in [-0.2, 0) is 9.59 Å². The Labute approximate surface area is 146 Å². The highest BCUT2D eigenvalue weighted by molar-refractivity contribution is 5.81. The smallest absolute Gasteiger partial charge is 0.136 e. The van der Waals surface area contributed by atoms with E-state index in [1.54, 1.807) is 0 Å². The molecule has 2 heteroatoms. The van der Waals surface area contributed by atoms with Crippen molar-refractivity contribution in [2.75, 3.05) is 0 Å². The van der Waals surface area contributed by atoms with Crippen LogP contribution in [0.3, 0.4) is 0 Å². The molecule has 4 aliphatic carbocycles. The number of carbonyl (C=O) groups is 2. The number of fused-ring (bicyclic) bond motifs is 5. The average Bonchev–Trinajstić information content (AvgIpc) is 2.79. The third-order valence-corrected chi connectivity index (χ3v) is 8.66. The van der Waals surface area contributed by atoms with Crippen molar-refractivity contribution in [2.24, 2.45) is 34.5 Å². The highest BCUT2D eigenvalue weighted by atomic mass is 16.1. The van der Waals surface area contributed by atoms with E-state index in [1.807, 2.05) is 6.92 Å². The van der Waals surface area contributed by atoms with E-state index in [9.17, 15) is 9.59 Å². The van der Waals surface area contributed by atoms with Gasteiger partial charge in [-0.3, -0.25) is 9.59 Å². The fourth-order valence-electron chi connectivity index (χ4n) is 7.40. The van der Waals surface area contributed by atoms with Gasteiger partial charge in [-0.25, -0.2) is 0 Å². The molecular weight excluding hydrogens is 296 g/mol. The van der Waals surface area contributed by atoms with E-state index in [4.69, 9.17) is 0 Å². The molecule has 0 amide bonds. The Bertz CT molecular complexity index is 603. The molecule has 0 aromatic heterocycles. The molecule has 0 aromatic carbocycles. The van der Waals surface area contributed by atoms with Crippen LogP contribution in [0.15, 0.2) is 11.6 Å². The van der Waals surface area contributed by atoms with Crippen molar-refractivity contribution < 1.29 is 9.59 Å². The van der Waals surface area contributed by atoms with Gasteiger partial charge in [-0.2, -0.15) is 0 Å². The Morgan fingerprint density at radius 3 is 2.67 bits per heavy atom. The van der Waals surface area contributed by atoms with Crippen LogP contribution in [0.4, 0.5) is 0 Å². The van der Waals surface area contributed by atoms with E-state index in [-0.39, 0.29) is 16.7 Å². The summed E-state index contributed by atoms with van der Waals surface area (Å²) in [5, 5.41) is 0. The quantitative estimate of drug-likeness (QED) is 0.627. The summed E-state index contributed by atoms with van der Waals surface area (Å²) in [4.78, 5) is 24.3. The Morgan fingerprint density at radius 2 is 1.92 bits per heavy atom. The second kappa shape index (κ2) is 5.54. The van der Waals surface area contributed by atoms with Crippen molar-refractivity contribution in [3.05, 3.63) is 11.6 Å². The lowest BCUT2D eigenvalue weighted by Gasteiger charge is -2.56. The molecule has 0 aromatic rings. The molecule has 0 spiro atoms. The fourth-order valence-corrected chi connectivity index (χ4v) is 7.40. The molecule has 0 bridgehead atoms. The van der Waals surface area contributed by atoms with Gasteiger partial charge in [-0.1, -0.05) is 25.5 Å². The van der Waals surface area contributed by atoms with Crippen LogP contribution in [0.1, 0.15) is 78.6 Å². The SMILES string of the molecule is CC(=O)[C@H]1CCC2C3CC=C4CC(=O)CCC[C@]4(C)C3CC[C@@]21C. The van der Waals surface area contributed by atoms with Crippen LogP contribution in [0.2, 0.25) is 0 Å². The first-order valence-electron chi connectivity index (χ1n) is 10.1. The van der Waals surface area contributed by atoms with E-state index < -0.39 is 0 Å². The maximum atomic E-state index is 12.2. The van der Waals surface area contributed by atoms with Crippen LogP contribution in [0, 0.1) is 34.5 Å². The van der Waals surface area contributed by atoms with Gasteiger partial charge in [0.25, 0.3) is 0 Å². The second-order valence-electron chi connectivity index (χ2n) is 9.61. The number of hydrogen-bond acceptors (Lipinski definition) is 2. The van der Waals surface area contributed by atoms with Crippen LogP contribution < -0.4 is 0 Å². The van der Waals surface area contributed by atoms with Gasteiger partial charge in [0.05, 0.1) is 0 Å². The van der Waals surface area contributed by atoms with E-state index in [0.29, 0.717) is 23.9 Å². The molecule has 4 aliphatic rings. The number of allylic oxidation sites excluding steroid dienone is 2. The van der Waals surface area contributed by atoms with Crippen LogP contribution in [0.5, 0.6) is 0 Å². The maximum Gasteiger partial charge on any atom is 0.136 e. The van der Waals surface area contributed by atoms with Crippen molar-refractivity contribution in [3.8, 4) is 0 Å². The highest BCUT2D eigenvalue weighted by Crippen LogP contribution is 2.65. The predicted molar refractivity (Wildman–Crippen MR) is 95.5 cm³/mol. The minimum atomic E-state index is 0.231. The zero-order valence-electron chi connectivity index (χ0n) is 15.6. The normalized spacial score (nSPS) is 48.0. The first-order chi connectivity index (χ1) is 11.4. The van der Waals surface area contributed by atoms with Gasteiger partial charge in [0.2, 0.25) is 0 Å². The first-order valence-corrected chi connectivity index (χ1v) is 10.1. The molecule has 0 radical (unpaired) electrons. The lowest BCUT2D eigenvalue weighted by Crippen LogP contribution is -2.49. The number of Topliss-reactive ketones (excluding diaryl/α,β-unsaturated/α-hetero) is 2. The molecule has 4 rings (SSSR count). The molecule has 6 atom stereocenters. The molecular formula is C22H32O2. The van der Waals surface area contributed by atoms with Crippen molar-refractivity contribution >= 4 is 11.6 Å². The van der Waals surface area contributed by atoms with Gasteiger partial charge in [0, 0.05) is 18.8 Å². The lowest BCUT2D eigenvalue weighted by atomic mass is 9.48. The van der Waals surface area contributed by atoms with Gasteiger partial charge >= 0.3 is 0 Å². The summed E-state index contributed by atoms with van der Waals surface area (Å²) in [5.41, 5.74) is 1.93. The molecule has 3 saturated carbocycles. The summed E-state index contributed by atoms with van der Waals surface area (Å²) >= 11 is 0. The fraction of sp³-hybridized carbons (Fsp3) is 0.818. The Hall–Kier alpha value is -0.920. The molecule has 0 saturated heterocycles. The summed E-state index contributed by atoms with van der Waals surface area (Å²) in [6, 6.07) is 0. The minimum absolute atomic E-state index is 0.231. The third-order valence-electron chi connectivity index (χ3n) is 8.66. The zero-order chi connectivity index (χ0) is 17.1. The summed E-state index contributed by atoms with van der Waals surface area (Å²) in [6.07, 6.45) is 12.1. The van der Waals surface area contributed by atoms with Crippen molar-refractivity contribution in [1.29, 1.82) is 0 Å². The number of hydrogen-bond donors (Lipinski definition) is 0. The predicted octanol–water partition coefficient (Wildman–Crippen LogP) is 5.11. The third kappa shape index (κ3) is 2.21. The molecule has 0 N–H and O–H groups in total. The van der Waals surface area contributed by atoms with E-state index >= 15 is 0 Å². The molecule has 24 heavy (non-hydrogen) atoms. The molecule has 0 aliphatic heterocycles. The molecule has 3 unspecified atom stereocenters. The molecule has 132 valence electrons. The highest BCUT2D eigenvalue weighted by Gasteiger charge is 2.58. The zero-order valence-corrected chi connectivity index (χ0v) is 15.6. The van der Waals surface area contributed by atoms with Crippen LogP contribution >= 0.6 is 0 Å². The number of carbonyl (C=O) groups excluding carboxylic acids is 2. The van der Waals surface area contributed by atoms with Gasteiger partial charge < -0.3 is 0 Å². The van der Waals surface area contributed by atoms with E-state index in [0.717, 1.165) is 37.5 Å². The first kappa shape index (κ1) is 16.5. The number of rotatable bonds is 1. The van der Waals surface area contributed by atoms with Crippen molar-refractivity contribution in [1.82, 2.24) is 0 Å². The average molecular weight is 328 g/mol. The Kier molecular flexibility index (Phi) is 3.82. The summed E-state index contributed by atoms with van der Waals surface area (Å²) < 4.78 is 0. The van der Waals surface area contributed by atoms with Crippen molar-refractivity contribution in [2.45, 2.75) is 78.6 Å². The van der Waals surface area contributed by atoms with Gasteiger partial charge in [0.1, 0.15) is 11.6 Å².